The van der Waals surface area contributed by atoms with Gasteiger partial charge in [0.25, 0.3) is 0 Å². The monoisotopic (exact) mass is 129 g/mol. The molecule has 0 amide bonds. The molecule has 0 N–H and O–H groups in total. The highest BCUT2D eigenvalue weighted by Gasteiger charge is 1.97. The largest absolute Gasteiger partial charge is 0.281 e. The third-order valence-corrected chi connectivity index (χ3v) is 0.318. The molecule has 0 atom stereocenters. The van der Waals surface area contributed by atoms with E-state index in [0.29, 0.717) is 0 Å². The van der Waals surface area contributed by atoms with Gasteiger partial charge in [-0.25, -0.2) is 0 Å². The van der Waals surface area contributed by atoms with Crippen molar-refractivity contribution in [3.8, 4) is 0 Å². The van der Waals surface area contributed by atoms with Gasteiger partial charge < -0.3 is 0 Å². The first kappa shape index (κ1) is 1.10. The van der Waals surface area contributed by atoms with Gasteiger partial charge in [0.1, 0.15) is 0 Å². The molecule has 0 saturated heterocycles. The predicted octanol–water partition coefficient (Wildman–Crippen LogP) is 1.80. The maximum Gasteiger partial charge on any atom is 0.221 e. The minimum Gasteiger partial charge on any atom is -0.281 e. The summed E-state index contributed by atoms with van der Waals surface area (Å²) in [6.07, 6.45) is -3.51. The molecule has 7 heavy (non-hydrogen) atoms. The smallest absolute Gasteiger partial charge is 0.221 e. The number of carbonyl (C=O) groups is 1. The Balaban J connectivity index is 5.91. The van der Waals surface area contributed by atoms with Gasteiger partial charge in [-0.15, -0.1) is 0 Å². The Morgan fingerprint density at radius 1 is 2.29 bits per heavy atom. The molecule has 0 unspecified atom stereocenters. The van der Waals surface area contributed by atoms with Crippen LogP contribution in [0, 0.1) is 5.89 Å². The van der Waals surface area contributed by atoms with E-state index in [9.17, 15) is 4.79 Å². The zero-order valence-electron chi connectivity index (χ0n) is 12.3. The first-order valence-corrected chi connectivity index (χ1v) is 1.77. The van der Waals surface area contributed by atoms with Crippen LogP contribution in [-0.4, -0.2) is 5.24 Å². The van der Waals surface area contributed by atoms with Crippen molar-refractivity contribution >= 4 is 16.8 Å². The van der Waals surface area contributed by atoms with Gasteiger partial charge in [0, 0.05) is 18.7 Å². The zero-order valence-corrected chi connectivity index (χ0v) is 4.04. The Morgan fingerprint density at radius 3 is 3.00 bits per heavy atom. The third kappa shape index (κ3) is 5.96. The van der Waals surface area contributed by atoms with Crippen LogP contribution in [0.2, 0.25) is 0 Å². The summed E-state index contributed by atoms with van der Waals surface area (Å²) in [6, 6.07) is 0. The molecule has 1 nitrogen and oxygen atoms in total. The van der Waals surface area contributed by atoms with Gasteiger partial charge in [0.05, 0.1) is 0 Å². The summed E-state index contributed by atoms with van der Waals surface area (Å²) in [5.74, 6) is -3.61. The summed E-state index contributed by atoms with van der Waals surface area (Å²) in [7, 11) is 0. The van der Waals surface area contributed by atoms with Crippen molar-refractivity contribution in [1.29, 1.82) is 0 Å². The highest BCUT2D eigenvalue weighted by molar-refractivity contribution is 6.63. The Hall–Kier alpha value is -0.0400. The van der Waals surface area contributed by atoms with Crippen LogP contribution in [0.1, 0.15) is 32.4 Å². The van der Waals surface area contributed by atoms with E-state index >= 15 is 0 Å². The maximum absolute atomic E-state index is 10.8. The number of halogens is 1. The highest BCUT2D eigenvalue weighted by Crippen LogP contribution is 2.01. The van der Waals surface area contributed by atoms with Crippen LogP contribution in [0.15, 0.2) is 0 Å². The molecule has 0 aliphatic rings. The maximum atomic E-state index is 10.8. The van der Waals surface area contributed by atoms with E-state index in [0.717, 1.165) is 0 Å². The summed E-state index contributed by atoms with van der Waals surface area (Å²) in [4.78, 5) is 10.8. The van der Waals surface area contributed by atoms with Crippen LogP contribution in [0.4, 0.5) is 0 Å². The highest BCUT2D eigenvalue weighted by atomic mass is 35.5. The van der Waals surface area contributed by atoms with E-state index < -0.39 is 31.2 Å². The van der Waals surface area contributed by atoms with Crippen LogP contribution in [-0.2, 0) is 4.79 Å². The lowest BCUT2D eigenvalue weighted by Crippen LogP contribution is -1.92. The summed E-state index contributed by atoms with van der Waals surface area (Å²) in [5, 5.41) is -1.82. The Bertz CT molecular complexity index is 275. The molecular formula is C5H9ClO. The van der Waals surface area contributed by atoms with Crippen molar-refractivity contribution in [3.63, 3.8) is 0 Å². The molecule has 0 aliphatic carbocycles. The van der Waals surface area contributed by atoms with Gasteiger partial charge in [-0.2, -0.15) is 0 Å². The molecule has 0 radical (unpaired) electrons. The molecule has 0 heterocycles. The van der Waals surface area contributed by atoms with E-state index in [1.165, 1.54) is 0 Å². The Labute approximate surface area is 61.3 Å². The molecule has 0 saturated carbocycles. The normalized spacial score (nSPS) is 35.9. The van der Waals surface area contributed by atoms with Crippen LogP contribution in [0.3, 0.4) is 0 Å². The summed E-state index contributed by atoms with van der Waals surface area (Å²) in [6.45, 7) is -7.04. The van der Waals surface area contributed by atoms with Gasteiger partial charge in [-0.3, -0.25) is 4.79 Å². The average Bonchev–Trinajstić information content (AvgIpc) is 1.97. The minimum atomic E-state index is -3.61. The number of carbonyl (C=O) groups excluding carboxylic acids is 1. The van der Waals surface area contributed by atoms with Crippen LogP contribution >= 0.6 is 11.6 Å². The van der Waals surface area contributed by atoms with Gasteiger partial charge in [0.15, 0.2) is 0 Å². The summed E-state index contributed by atoms with van der Waals surface area (Å²) < 4.78 is 63.2. The molecule has 0 spiro atoms. The second-order valence-electron chi connectivity index (χ2n) is 0.774. The third-order valence-electron chi connectivity index (χ3n) is 0.223. The molecule has 0 rings (SSSR count). The molecule has 0 aliphatic heterocycles. The fourth-order valence-corrected chi connectivity index (χ4v) is 0.193. The second kappa shape index (κ2) is 3.03. The fourth-order valence-electron chi connectivity index (χ4n) is 0.0983. The SMILES string of the molecule is [2H]C([2H])([2H])C([2H])(C([2H])([2H])[2H])C([2H])([2H])C(=O)Cl. The molecule has 0 fully saturated rings. The minimum absolute atomic E-state index is 1.82. The summed E-state index contributed by atoms with van der Waals surface area (Å²) in [5.41, 5.74) is 0. The van der Waals surface area contributed by atoms with Crippen LogP contribution < -0.4 is 0 Å². The molecule has 0 aromatic carbocycles. The summed E-state index contributed by atoms with van der Waals surface area (Å²) >= 11 is 4.83. The average molecular weight is 130 g/mol. The fraction of sp³-hybridized carbons (Fsp3) is 0.800. The molecule has 2 heteroatoms. The van der Waals surface area contributed by atoms with E-state index in [-0.39, 0.29) is 0 Å². The van der Waals surface area contributed by atoms with E-state index in [4.69, 9.17) is 23.9 Å². The molecule has 0 aromatic heterocycles. The zero-order chi connectivity index (χ0) is 13.6. The van der Waals surface area contributed by atoms with Gasteiger partial charge >= 0.3 is 0 Å². The van der Waals surface area contributed by atoms with Crippen molar-refractivity contribution in [2.24, 2.45) is 5.89 Å². The van der Waals surface area contributed by atoms with Gasteiger partial charge in [-0.05, 0) is 17.5 Å². The number of rotatable bonds is 2. The van der Waals surface area contributed by atoms with Crippen molar-refractivity contribution in [2.75, 3.05) is 0 Å². The van der Waals surface area contributed by atoms with E-state index in [1.807, 2.05) is 0 Å². The molecule has 0 aromatic rings. The predicted molar refractivity (Wildman–Crippen MR) is 30.3 cm³/mol. The molecule has 42 valence electrons. The van der Waals surface area contributed by atoms with Gasteiger partial charge in [-0.1, -0.05) is 13.7 Å². The first-order chi connectivity index (χ1) is 6.69. The number of hydrogen-bond acceptors (Lipinski definition) is 1. The number of hydrogen-bond donors (Lipinski definition) is 0. The van der Waals surface area contributed by atoms with Crippen molar-refractivity contribution in [1.82, 2.24) is 0 Å². The lowest BCUT2D eigenvalue weighted by atomic mass is 10.2. The lowest BCUT2D eigenvalue weighted by molar-refractivity contribution is -0.112. The van der Waals surface area contributed by atoms with Crippen molar-refractivity contribution < 1.29 is 17.1 Å². The molecular weight excluding hydrogens is 112 g/mol. The quantitative estimate of drug-likeness (QED) is 0.520. The van der Waals surface area contributed by atoms with E-state index in [1.54, 1.807) is 0 Å². The Kier molecular flexibility index (Phi) is 0.478. The molecule has 0 bridgehead atoms. The van der Waals surface area contributed by atoms with Crippen molar-refractivity contribution in [2.45, 2.75) is 20.1 Å². The Morgan fingerprint density at radius 2 is 2.86 bits per heavy atom. The van der Waals surface area contributed by atoms with Gasteiger partial charge in [0.2, 0.25) is 5.24 Å². The van der Waals surface area contributed by atoms with Crippen molar-refractivity contribution in [3.05, 3.63) is 0 Å². The van der Waals surface area contributed by atoms with Crippen LogP contribution in [0.25, 0.3) is 0 Å². The topological polar surface area (TPSA) is 17.1 Å². The van der Waals surface area contributed by atoms with E-state index in [2.05, 4.69) is 0 Å². The van der Waals surface area contributed by atoms with Crippen LogP contribution in [0.5, 0.6) is 0 Å². The first-order valence-electron chi connectivity index (χ1n) is 5.89. The standard InChI is InChI=1S/C5H9ClO/c1-4(2)3-5(6)7/h4H,3H2,1-2H3/i1D3,2D3,3D2,4D. The second-order valence-corrected chi connectivity index (χ2v) is 1.12. The lowest BCUT2D eigenvalue weighted by Gasteiger charge is -1.93.